The smallest absolute Gasteiger partial charge is 0.260 e. The second kappa shape index (κ2) is 8.64. The Bertz CT molecular complexity index is 1570. The SMILES string of the molecule is CC(NC(=O)c1c(N)nn2cccnc12)c1cc2cccc(Cl)c2c(=O)n1CCc1cnc[nH]1. The molecule has 5 aromatic rings. The van der Waals surface area contributed by atoms with Crippen LogP contribution in [0.3, 0.4) is 0 Å². The molecule has 0 saturated carbocycles. The molecule has 1 atom stereocenters. The van der Waals surface area contributed by atoms with Crippen LogP contribution in [0.15, 0.2) is 60.0 Å². The number of benzene rings is 1. The van der Waals surface area contributed by atoms with E-state index < -0.39 is 11.9 Å². The largest absolute Gasteiger partial charge is 0.381 e. The molecule has 34 heavy (non-hydrogen) atoms. The number of halogens is 1. The minimum absolute atomic E-state index is 0.0744. The van der Waals surface area contributed by atoms with Gasteiger partial charge in [-0.15, -0.1) is 5.10 Å². The van der Waals surface area contributed by atoms with Crippen LogP contribution in [0.2, 0.25) is 5.02 Å². The molecule has 0 radical (unpaired) electrons. The summed E-state index contributed by atoms with van der Waals surface area (Å²) in [7, 11) is 0. The lowest BCUT2D eigenvalue weighted by atomic mass is 10.1. The third-order valence-electron chi connectivity index (χ3n) is 5.72. The summed E-state index contributed by atoms with van der Waals surface area (Å²) < 4.78 is 3.09. The van der Waals surface area contributed by atoms with E-state index in [4.69, 9.17) is 17.3 Å². The molecule has 0 spiro atoms. The first-order valence-electron chi connectivity index (χ1n) is 10.6. The zero-order valence-corrected chi connectivity index (χ0v) is 19.0. The van der Waals surface area contributed by atoms with Gasteiger partial charge < -0.3 is 20.6 Å². The Morgan fingerprint density at radius 3 is 2.97 bits per heavy atom. The van der Waals surface area contributed by atoms with Crippen LogP contribution in [-0.4, -0.2) is 35.0 Å². The minimum Gasteiger partial charge on any atom is -0.381 e. The predicted octanol–water partition coefficient (Wildman–Crippen LogP) is 2.74. The number of nitrogens with two attached hydrogens (primary N) is 1. The van der Waals surface area contributed by atoms with E-state index in [2.05, 4.69) is 25.4 Å². The van der Waals surface area contributed by atoms with Gasteiger partial charge in [0.2, 0.25) is 0 Å². The van der Waals surface area contributed by atoms with Gasteiger partial charge in [0.1, 0.15) is 5.56 Å². The van der Waals surface area contributed by atoms with Gasteiger partial charge in [-0.1, -0.05) is 23.7 Å². The van der Waals surface area contributed by atoms with Gasteiger partial charge in [-0.05, 0) is 30.5 Å². The summed E-state index contributed by atoms with van der Waals surface area (Å²) in [5, 5.41) is 8.61. The summed E-state index contributed by atoms with van der Waals surface area (Å²) in [6, 6.07) is 8.35. The normalized spacial score (nSPS) is 12.3. The van der Waals surface area contributed by atoms with Gasteiger partial charge in [-0.2, -0.15) is 0 Å². The Balaban J connectivity index is 1.54. The van der Waals surface area contributed by atoms with Crippen LogP contribution < -0.4 is 16.6 Å². The van der Waals surface area contributed by atoms with Crippen molar-refractivity contribution in [2.45, 2.75) is 25.9 Å². The molecular formula is C23H21ClN8O2. The van der Waals surface area contributed by atoms with Crippen molar-refractivity contribution >= 4 is 39.7 Å². The molecule has 0 aliphatic rings. The summed E-state index contributed by atoms with van der Waals surface area (Å²) in [6.07, 6.45) is 7.09. The average Bonchev–Trinajstić information content (AvgIpc) is 3.44. The highest BCUT2D eigenvalue weighted by molar-refractivity contribution is 6.35. The van der Waals surface area contributed by atoms with Gasteiger partial charge in [-0.25, -0.2) is 14.5 Å². The van der Waals surface area contributed by atoms with Gasteiger partial charge in [0.15, 0.2) is 11.5 Å². The highest BCUT2D eigenvalue weighted by Crippen LogP contribution is 2.24. The zero-order chi connectivity index (χ0) is 23.8. The van der Waals surface area contributed by atoms with E-state index in [1.807, 2.05) is 19.1 Å². The number of hydrogen-bond acceptors (Lipinski definition) is 6. The molecule has 172 valence electrons. The Morgan fingerprint density at radius 2 is 2.18 bits per heavy atom. The molecule has 0 bridgehead atoms. The van der Waals surface area contributed by atoms with Crippen LogP contribution in [0.1, 0.15) is 34.7 Å². The number of hydrogen-bond donors (Lipinski definition) is 3. The van der Waals surface area contributed by atoms with E-state index in [1.54, 1.807) is 47.7 Å². The fourth-order valence-corrected chi connectivity index (χ4v) is 4.35. The molecule has 0 aliphatic heterocycles. The van der Waals surface area contributed by atoms with Crippen molar-refractivity contribution in [2.24, 2.45) is 0 Å². The number of imidazole rings is 1. The summed E-state index contributed by atoms with van der Waals surface area (Å²) in [6.45, 7) is 2.18. The number of aryl methyl sites for hydroxylation is 1. The van der Waals surface area contributed by atoms with Gasteiger partial charge in [0.25, 0.3) is 11.5 Å². The molecule has 0 saturated heterocycles. The number of amides is 1. The number of aromatic nitrogens is 6. The fraction of sp³-hybridized carbons (Fsp3) is 0.174. The Kier molecular flexibility index (Phi) is 5.50. The zero-order valence-electron chi connectivity index (χ0n) is 18.2. The van der Waals surface area contributed by atoms with Crippen LogP contribution in [0.5, 0.6) is 0 Å². The van der Waals surface area contributed by atoms with E-state index in [1.165, 1.54) is 4.52 Å². The topological polar surface area (TPSA) is 136 Å². The van der Waals surface area contributed by atoms with Crippen molar-refractivity contribution in [3.63, 3.8) is 0 Å². The second-order valence-corrected chi connectivity index (χ2v) is 8.31. The monoisotopic (exact) mass is 476 g/mol. The summed E-state index contributed by atoms with van der Waals surface area (Å²) in [5.41, 5.74) is 7.84. The maximum Gasteiger partial charge on any atom is 0.260 e. The van der Waals surface area contributed by atoms with E-state index in [0.717, 1.165) is 5.69 Å². The number of carbonyl (C=O) groups excluding carboxylic acids is 1. The standard InChI is InChI=1S/C23H21ClN8O2/c1-13(29-22(33)19-20(25)30-32-8-3-7-27-21(19)32)17-10-14-4-2-5-16(24)18(14)23(34)31(17)9-6-15-11-26-12-28-15/h2-5,7-8,10-13H,6,9H2,1H3,(H2,25,30)(H,26,28)(H,29,33). The van der Waals surface area contributed by atoms with Crippen molar-refractivity contribution in [1.29, 1.82) is 0 Å². The molecule has 11 heteroatoms. The van der Waals surface area contributed by atoms with Crippen LogP contribution in [-0.2, 0) is 13.0 Å². The number of nitrogen functional groups attached to an aromatic ring is 1. The number of anilines is 1. The quantitative estimate of drug-likeness (QED) is 0.344. The maximum atomic E-state index is 13.5. The molecule has 5 rings (SSSR count). The van der Waals surface area contributed by atoms with E-state index in [9.17, 15) is 9.59 Å². The molecule has 0 fully saturated rings. The van der Waals surface area contributed by atoms with Gasteiger partial charge in [0.05, 0.1) is 22.8 Å². The highest BCUT2D eigenvalue weighted by Gasteiger charge is 2.23. The van der Waals surface area contributed by atoms with E-state index in [0.29, 0.717) is 40.1 Å². The number of rotatable bonds is 6. The number of aromatic amines is 1. The fourth-order valence-electron chi connectivity index (χ4n) is 4.08. The number of carbonyl (C=O) groups is 1. The molecular weight excluding hydrogens is 456 g/mol. The molecule has 4 heterocycles. The molecule has 0 aliphatic carbocycles. The lowest BCUT2D eigenvalue weighted by Gasteiger charge is -2.21. The summed E-state index contributed by atoms with van der Waals surface area (Å²) in [5.74, 6) is -0.359. The third-order valence-corrected chi connectivity index (χ3v) is 6.04. The Hall–Kier alpha value is -4.18. The minimum atomic E-state index is -0.525. The predicted molar refractivity (Wildman–Crippen MR) is 129 cm³/mol. The van der Waals surface area contributed by atoms with Crippen molar-refractivity contribution in [1.82, 2.24) is 34.4 Å². The lowest BCUT2D eigenvalue weighted by Crippen LogP contribution is -2.33. The van der Waals surface area contributed by atoms with E-state index in [-0.39, 0.29) is 16.9 Å². The van der Waals surface area contributed by atoms with Gasteiger partial charge in [-0.3, -0.25) is 9.59 Å². The molecule has 10 nitrogen and oxygen atoms in total. The number of pyridine rings is 1. The average molecular weight is 477 g/mol. The first-order valence-corrected chi connectivity index (χ1v) is 11.0. The van der Waals surface area contributed by atoms with Gasteiger partial charge in [0, 0.05) is 42.9 Å². The summed E-state index contributed by atoms with van der Waals surface area (Å²) >= 11 is 6.36. The highest BCUT2D eigenvalue weighted by atomic mass is 35.5. The lowest BCUT2D eigenvalue weighted by molar-refractivity contribution is 0.0940. The molecule has 1 unspecified atom stereocenters. The van der Waals surface area contributed by atoms with Crippen molar-refractivity contribution < 1.29 is 4.79 Å². The maximum absolute atomic E-state index is 13.5. The Morgan fingerprint density at radius 1 is 1.32 bits per heavy atom. The molecule has 1 aromatic carbocycles. The van der Waals surface area contributed by atoms with Crippen molar-refractivity contribution in [2.75, 3.05) is 5.73 Å². The number of nitrogens with zero attached hydrogens (tertiary/aromatic N) is 5. The second-order valence-electron chi connectivity index (χ2n) is 7.90. The van der Waals surface area contributed by atoms with Crippen LogP contribution in [0, 0.1) is 0 Å². The molecule has 1 amide bonds. The van der Waals surface area contributed by atoms with E-state index >= 15 is 0 Å². The van der Waals surface area contributed by atoms with Crippen LogP contribution in [0.4, 0.5) is 5.82 Å². The first kappa shape index (κ1) is 21.7. The summed E-state index contributed by atoms with van der Waals surface area (Å²) in [4.78, 5) is 38.0. The van der Waals surface area contributed by atoms with Crippen molar-refractivity contribution in [3.8, 4) is 0 Å². The number of H-pyrrole nitrogens is 1. The molecule has 4 aromatic heterocycles. The number of fused-ring (bicyclic) bond motifs is 2. The van der Waals surface area contributed by atoms with Crippen molar-refractivity contribution in [3.05, 3.63) is 87.6 Å². The van der Waals surface area contributed by atoms with Crippen LogP contribution in [0.25, 0.3) is 16.4 Å². The molecule has 4 N–H and O–H groups in total. The van der Waals surface area contributed by atoms with Gasteiger partial charge >= 0.3 is 0 Å². The first-order chi connectivity index (χ1) is 16.4. The Labute approximate surface area is 198 Å². The number of nitrogens with one attached hydrogen (secondary N) is 2. The van der Waals surface area contributed by atoms with Crippen LogP contribution >= 0.6 is 11.6 Å². The third kappa shape index (κ3) is 3.77.